The zero-order chi connectivity index (χ0) is 13.9. The van der Waals surface area contributed by atoms with Crippen LogP contribution in [-0.2, 0) is 0 Å². The quantitative estimate of drug-likeness (QED) is 0.777. The molecule has 0 aliphatic heterocycles. The zero-order valence-electron chi connectivity index (χ0n) is 11.3. The normalized spacial score (nSPS) is 22.1. The first-order valence-electron chi connectivity index (χ1n) is 6.71. The molecule has 0 amide bonds. The average molecular weight is 268 g/mol. The molecule has 4 nitrogen and oxygen atoms in total. The van der Waals surface area contributed by atoms with Crippen LogP contribution < -0.4 is 4.74 Å². The van der Waals surface area contributed by atoms with E-state index in [9.17, 15) is 4.91 Å². The highest BCUT2D eigenvalue weighted by molar-refractivity contribution is 5.34. The van der Waals surface area contributed by atoms with Crippen LogP contribution in [-0.4, -0.2) is 12.1 Å². The molecule has 1 aromatic carbocycles. The predicted molar refractivity (Wildman–Crippen MR) is 76.6 cm³/mol. The van der Waals surface area contributed by atoms with Gasteiger partial charge in [0.1, 0.15) is 11.8 Å². The molecular formula is C16H16N2O2. The SMILES string of the molecule is COc1ccc(C2CC2C(N=O)c2ccccn2)cc1. The molecule has 0 bridgehead atoms. The number of aromatic nitrogens is 1. The first-order chi connectivity index (χ1) is 9.83. The second-order valence-electron chi connectivity index (χ2n) is 5.08. The summed E-state index contributed by atoms with van der Waals surface area (Å²) >= 11 is 0. The van der Waals surface area contributed by atoms with Gasteiger partial charge in [0.2, 0.25) is 0 Å². The molecule has 3 unspecified atom stereocenters. The van der Waals surface area contributed by atoms with Crippen LogP contribution in [0, 0.1) is 10.8 Å². The molecule has 3 rings (SSSR count). The van der Waals surface area contributed by atoms with Gasteiger partial charge >= 0.3 is 0 Å². The van der Waals surface area contributed by atoms with Crippen LogP contribution in [0.2, 0.25) is 0 Å². The fourth-order valence-corrected chi connectivity index (χ4v) is 2.70. The van der Waals surface area contributed by atoms with E-state index in [4.69, 9.17) is 4.74 Å². The second kappa shape index (κ2) is 5.41. The van der Waals surface area contributed by atoms with Crippen molar-refractivity contribution in [3.8, 4) is 5.75 Å². The summed E-state index contributed by atoms with van der Waals surface area (Å²) in [5, 5.41) is 3.29. The van der Waals surface area contributed by atoms with E-state index in [-0.39, 0.29) is 12.0 Å². The number of hydrogen-bond donors (Lipinski definition) is 0. The largest absolute Gasteiger partial charge is 0.497 e. The summed E-state index contributed by atoms with van der Waals surface area (Å²) in [6.45, 7) is 0. The van der Waals surface area contributed by atoms with Gasteiger partial charge in [-0.1, -0.05) is 23.4 Å². The van der Waals surface area contributed by atoms with Gasteiger partial charge in [0.15, 0.2) is 0 Å². The Morgan fingerprint density at radius 2 is 2.05 bits per heavy atom. The summed E-state index contributed by atoms with van der Waals surface area (Å²) in [5.74, 6) is 1.50. The fourth-order valence-electron chi connectivity index (χ4n) is 2.70. The third-order valence-corrected chi connectivity index (χ3v) is 3.89. The topological polar surface area (TPSA) is 51.5 Å². The molecule has 102 valence electrons. The summed E-state index contributed by atoms with van der Waals surface area (Å²) in [5.41, 5.74) is 2.00. The van der Waals surface area contributed by atoms with Gasteiger partial charge in [0.25, 0.3) is 0 Å². The highest BCUT2D eigenvalue weighted by Crippen LogP contribution is 2.55. The van der Waals surface area contributed by atoms with E-state index in [0.29, 0.717) is 5.92 Å². The zero-order valence-corrected chi connectivity index (χ0v) is 11.3. The van der Waals surface area contributed by atoms with E-state index in [1.807, 2.05) is 30.3 Å². The molecule has 1 fully saturated rings. The lowest BCUT2D eigenvalue weighted by atomic mass is 10.0. The van der Waals surface area contributed by atoms with Crippen molar-refractivity contribution in [2.24, 2.45) is 11.1 Å². The van der Waals surface area contributed by atoms with E-state index in [1.54, 1.807) is 13.3 Å². The molecule has 1 aliphatic carbocycles. The number of benzene rings is 1. The maximum absolute atomic E-state index is 11.2. The molecule has 0 spiro atoms. The lowest BCUT2D eigenvalue weighted by Crippen LogP contribution is -2.01. The summed E-state index contributed by atoms with van der Waals surface area (Å²) in [4.78, 5) is 15.4. The fraction of sp³-hybridized carbons (Fsp3) is 0.312. The molecule has 1 aromatic heterocycles. The Morgan fingerprint density at radius 3 is 2.65 bits per heavy atom. The molecule has 0 radical (unpaired) electrons. The first-order valence-corrected chi connectivity index (χ1v) is 6.71. The second-order valence-corrected chi connectivity index (χ2v) is 5.08. The van der Waals surface area contributed by atoms with Crippen molar-refractivity contribution in [1.29, 1.82) is 0 Å². The van der Waals surface area contributed by atoms with E-state index >= 15 is 0 Å². The van der Waals surface area contributed by atoms with Crippen molar-refractivity contribution < 1.29 is 4.74 Å². The minimum absolute atomic E-state index is 0.260. The van der Waals surface area contributed by atoms with Gasteiger partial charge in [0, 0.05) is 6.20 Å². The van der Waals surface area contributed by atoms with Gasteiger partial charge in [-0.15, -0.1) is 0 Å². The molecule has 4 heteroatoms. The number of nitrogens with zero attached hydrogens (tertiary/aromatic N) is 2. The Labute approximate surface area is 117 Å². The maximum atomic E-state index is 11.2. The van der Waals surface area contributed by atoms with Crippen LogP contribution >= 0.6 is 0 Å². The van der Waals surface area contributed by atoms with Crippen LogP contribution in [0.4, 0.5) is 0 Å². The molecule has 0 N–H and O–H groups in total. The molecule has 3 atom stereocenters. The molecule has 2 aromatic rings. The van der Waals surface area contributed by atoms with Crippen LogP contribution in [0.5, 0.6) is 5.75 Å². The molecular weight excluding hydrogens is 252 g/mol. The van der Waals surface area contributed by atoms with Crippen molar-refractivity contribution in [2.45, 2.75) is 18.4 Å². The molecule has 0 saturated heterocycles. The van der Waals surface area contributed by atoms with Crippen molar-refractivity contribution >= 4 is 0 Å². The lowest BCUT2D eigenvalue weighted by molar-refractivity contribution is 0.414. The van der Waals surface area contributed by atoms with E-state index < -0.39 is 0 Å². The Balaban J connectivity index is 1.75. The van der Waals surface area contributed by atoms with Crippen LogP contribution in [0.3, 0.4) is 0 Å². The number of methoxy groups -OCH3 is 1. The Kier molecular flexibility index (Phi) is 3.46. The Hall–Kier alpha value is -2.23. The van der Waals surface area contributed by atoms with Crippen LogP contribution in [0.15, 0.2) is 53.8 Å². The van der Waals surface area contributed by atoms with Crippen LogP contribution in [0.25, 0.3) is 0 Å². The van der Waals surface area contributed by atoms with E-state index in [2.05, 4.69) is 22.3 Å². The van der Waals surface area contributed by atoms with E-state index in [1.165, 1.54) is 5.56 Å². The predicted octanol–water partition coefficient (Wildman–Crippen LogP) is 3.70. The van der Waals surface area contributed by atoms with Gasteiger partial charge < -0.3 is 4.74 Å². The summed E-state index contributed by atoms with van der Waals surface area (Å²) in [6, 6.07) is 13.3. The van der Waals surface area contributed by atoms with Crippen molar-refractivity contribution in [1.82, 2.24) is 4.98 Å². The van der Waals surface area contributed by atoms with Crippen LogP contribution in [0.1, 0.15) is 29.6 Å². The number of rotatable bonds is 5. The first kappa shape index (κ1) is 12.8. The molecule has 20 heavy (non-hydrogen) atoms. The van der Waals surface area contributed by atoms with Gasteiger partial charge in [0.05, 0.1) is 12.8 Å². The third kappa shape index (κ3) is 2.41. The number of pyridine rings is 1. The minimum atomic E-state index is -0.344. The minimum Gasteiger partial charge on any atom is -0.497 e. The summed E-state index contributed by atoms with van der Waals surface area (Å²) in [7, 11) is 1.66. The molecule has 1 saturated carbocycles. The Morgan fingerprint density at radius 1 is 1.25 bits per heavy atom. The molecule has 1 aliphatic rings. The van der Waals surface area contributed by atoms with Crippen molar-refractivity contribution in [2.75, 3.05) is 7.11 Å². The maximum Gasteiger partial charge on any atom is 0.137 e. The summed E-state index contributed by atoms with van der Waals surface area (Å²) < 4.78 is 5.16. The van der Waals surface area contributed by atoms with Gasteiger partial charge in [-0.25, -0.2) is 0 Å². The van der Waals surface area contributed by atoms with Gasteiger partial charge in [-0.2, -0.15) is 4.91 Å². The monoisotopic (exact) mass is 268 g/mol. The summed E-state index contributed by atoms with van der Waals surface area (Å²) in [6.07, 6.45) is 2.69. The smallest absolute Gasteiger partial charge is 0.137 e. The third-order valence-electron chi connectivity index (χ3n) is 3.89. The van der Waals surface area contributed by atoms with Gasteiger partial charge in [-0.3, -0.25) is 4.98 Å². The number of ether oxygens (including phenoxy) is 1. The highest BCUT2D eigenvalue weighted by Gasteiger charge is 2.45. The molecule has 1 heterocycles. The highest BCUT2D eigenvalue weighted by atomic mass is 16.5. The lowest BCUT2D eigenvalue weighted by Gasteiger charge is -2.08. The van der Waals surface area contributed by atoms with Gasteiger partial charge in [-0.05, 0) is 48.1 Å². The number of nitroso groups, excluding NO2 is 1. The average Bonchev–Trinajstić information content (AvgIpc) is 3.30. The number of hydrogen-bond acceptors (Lipinski definition) is 4. The standard InChI is InChI=1S/C16H16N2O2/c1-20-12-7-5-11(6-8-12)13-10-14(13)16(18-19)15-4-2-3-9-17-15/h2-9,13-14,16H,10H2,1H3. The van der Waals surface area contributed by atoms with Crippen molar-refractivity contribution in [3.63, 3.8) is 0 Å². The van der Waals surface area contributed by atoms with E-state index in [0.717, 1.165) is 17.9 Å². The van der Waals surface area contributed by atoms with Crippen molar-refractivity contribution in [3.05, 3.63) is 64.8 Å². The Bertz CT molecular complexity index is 583.